The van der Waals surface area contributed by atoms with Gasteiger partial charge in [-0.25, -0.2) is 4.68 Å². The molecule has 0 saturated heterocycles. The number of nitrogens with one attached hydrogen (secondary N) is 2. The Morgan fingerprint density at radius 3 is 2.41 bits per heavy atom. The van der Waals surface area contributed by atoms with E-state index in [9.17, 15) is 9.59 Å². The summed E-state index contributed by atoms with van der Waals surface area (Å²) in [5, 5.41) is 10.4. The molecule has 0 unspecified atom stereocenters. The van der Waals surface area contributed by atoms with Gasteiger partial charge in [-0.15, -0.1) is 0 Å². The molecule has 32 heavy (non-hydrogen) atoms. The highest BCUT2D eigenvalue weighted by Crippen LogP contribution is 2.36. The van der Waals surface area contributed by atoms with Crippen molar-refractivity contribution in [2.45, 2.75) is 19.4 Å². The van der Waals surface area contributed by atoms with Crippen molar-refractivity contribution < 1.29 is 23.8 Å². The van der Waals surface area contributed by atoms with E-state index in [4.69, 9.17) is 14.2 Å². The number of fused-ring (bicyclic) bond motifs is 1. The van der Waals surface area contributed by atoms with Crippen LogP contribution in [-0.4, -0.2) is 42.9 Å². The van der Waals surface area contributed by atoms with Gasteiger partial charge < -0.3 is 24.8 Å². The van der Waals surface area contributed by atoms with Crippen LogP contribution < -0.4 is 24.8 Å². The van der Waals surface area contributed by atoms with E-state index >= 15 is 0 Å². The molecule has 1 atom stereocenters. The summed E-state index contributed by atoms with van der Waals surface area (Å²) in [7, 11) is 4.66. The van der Waals surface area contributed by atoms with Gasteiger partial charge in [-0.3, -0.25) is 9.59 Å². The molecule has 1 aliphatic heterocycles. The second kappa shape index (κ2) is 8.62. The van der Waals surface area contributed by atoms with Crippen molar-refractivity contribution >= 4 is 23.3 Å². The second-order valence-corrected chi connectivity index (χ2v) is 7.32. The molecule has 0 radical (unpaired) electrons. The van der Waals surface area contributed by atoms with Crippen LogP contribution in [0.1, 0.15) is 18.0 Å². The van der Waals surface area contributed by atoms with E-state index in [-0.39, 0.29) is 18.2 Å². The van der Waals surface area contributed by atoms with Crippen LogP contribution in [-0.2, 0) is 9.59 Å². The van der Waals surface area contributed by atoms with Crippen LogP contribution in [0.2, 0.25) is 0 Å². The Hall–Kier alpha value is -4.01. The molecular formula is C23H24N4O5. The standard InChI is InChI=1S/C23H24N4O5/c1-13-21(14-5-7-15(30-2)8-6-14)26-27-18(12-20(28)25-22(13)27)23(29)24-17-11-16(31-3)9-10-19(17)32-4/h5-11,18H,12H2,1-4H3,(H,24,29)(H,25,28)/t18-/m1/s1. The third-order valence-electron chi connectivity index (χ3n) is 5.41. The quantitative estimate of drug-likeness (QED) is 0.614. The summed E-state index contributed by atoms with van der Waals surface area (Å²) in [6, 6.07) is 11.7. The Balaban J connectivity index is 1.69. The molecule has 0 aliphatic carbocycles. The SMILES string of the molecule is COc1ccc(-c2nn3c(c2C)NC(=O)C[C@@H]3C(=O)Nc2cc(OC)ccc2OC)cc1. The van der Waals surface area contributed by atoms with Gasteiger partial charge in [0.05, 0.1) is 39.1 Å². The predicted molar refractivity (Wildman–Crippen MR) is 119 cm³/mol. The molecule has 9 heteroatoms. The third kappa shape index (κ3) is 3.84. The summed E-state index contributed by atoms with van der Waals surface area (Å²) in [6.07, 6.45) is -0.0334. The van der Waals surface area contributed by atoms with Crippen LogP contribution >= 0.6 is 0 Å². The molecule has 0 saturated carbocycles. The van der Waals surface area contributed by atoms with Crippen molar-refractivity contribution in [2.24, 2.45) is 0 Å². The van der Waals surface area contributed by atoms with Gasteiger partial charge >= 0.3 is 0 Å². The van der Waals surface area contributed by atoms with Gasteiger partial charge in [0, 0.05) is 17.2 Å². The van der Waals surface area contributed by atoms with E-state index < -0.39 is 6.04 Å². The molecule has 4 rings (SSSR count). The fraction of sp³-hybridized carbons (Fsp3) is 0.261. The van der Waals surface area contributed by atoms with Crippen molar-refractivity contribution in [3.63, 3.8) is 0 Å². The first-order valence-corrected chi connectivity index (χ1v) is 10.0. The third-order valence-corrected chi connectivity index (χ3v) is 5.41. The van der Waals surface area contributed by atoms with Crippen LogP contribution in [0.15, 0.2) is 42.5 Å². The van der Waals surface area contributed by atoms with Crippen LogP contribution in [0.25, 0.3) is 11.3 Å². The van der Waals surface area contributed by atoms with E-state index in [0.29, 0.717) is 28.7 Å². The van der Waals surface area contributed by atoms with E-state index in [1.165, 1.54) is 7.11 Å². The molecule has 9 nitrogen and oxygen atoms in total. The first-order valence-electron chi connectivity index (χ1n) is 10.0. The van der Waals surface area contributed by atoms with Gasteiger partial charge in [0.25, 0.3) is 0 Å². The number of carbonyl (C=O) groups is 2. The summed E-state index contributed by atoms with van der Waals surface area (Å²) < 4.78 is 17.4. The zero-order valence-corrected chi connectivity index (χ0v) is 18.3. The number of anilines is 2. The van der Waals surface area contributed by atoms with E-state index in [2.05, 4.69) is 15.7 Å². The lowest BCUT2D eigenvalue weighted by molar-refractivity contribution is -0.125. The Morgan fingerprint density at radius 1 is 1.06 bits per heavy atom. The molecule has 166 valence electrons. The first-order chi connectivity index (χ1) is 15.4. The Morgan fingerprint density at radius 2 is 1.75 bits per heavy atom. The van der Waals surface area contributed by atoms with Crippen LogP contribution in [0.4, 0.5) is 11.5 Å². The number of methoxy groups -OCH3 is 3. The summed E-state index contributed by atoms with van der Waals surface area (Å²) >= 11 is 0. The predicted octanol–water partition coefficient (Wildman–Crippen LogP) is 3.41. The van der Waals surface area contributed by atoms with Gasteiger partial charge in [-0.1, -0.05) is 0 Å². The fourth-order valence-corrected chi connectivity index (χ4v) is 3.69. The minimum Gasteiger partial charge on any atom is -0.497 e. The molecule has 2 heterocycles. The topological polar surface area (TPSA) is 104 Å². The number of rotatable bonds is 6. The number of carbonyl (C=O) groups excluding carboxylic acids is 2. The zero-order chi connectivity index (χ0) is 22.8. The largest absolute Gasteiger partial charge is 0.497 e. The molecule has 0 spiro atoms. The maximum atomic E-state index is 13.2. The van der Waals surface area contributed by atoms with Gasteiger partial charge in [-0.05, 0) is 43.3 Å². The molecule has 1 aliphatic rings. The molecule has 2 aromatic carbocycles. The molecule has 0 bridgehead atoms. The number of aromatic nitrogens is 2. The average Bonchev–Trinajstić information content (AvgIpc) is 3.14. The molecule has 2 amide bonds. The molecular weight excluding hydrogens is 412 g/mol. The number of amides is 2. The fourth-order valence-electron chi connectivity index (χ4n) is 3.69. The first kappa shape index (κ1) is 21.2. The van der Waals surface area contributed by atoms with Crippen molar-refractivity contribution in [3.8, 4) is 28.5 Å². The number of ether oxygens (including phenoxy) is 3. The number of benzene rings is 2. The Kier molecular flexibility index (Phi) is 5.72. The second-order valence-electron chi connectivity index (χ2n) is 7.32. The van der Waals surface area contributed by atoms with Gasteiger partial charge in [0.2, 0.25) is 11.8 Å². The van der Waals surface area contributed by atoms with Gasteiger partial charge in [-0.2, -0.15) is 5.10 Å². The monoisotopic (exact) mass is 436 g/mol. The number of hydrogen-bond donors (Lipinski definition) is 2. The maximum absolute atomic E-state index is 13.2. The average molecular weight is 436 g/mol. The summed E-state index contributed by atoms with van der Waals surface area (Å²) in [4.78, 5) is 25.6. The number of nitrogens with zero attached hydrogens (tertiary/aromatic N) is 2. The van der Waals surface area contributed by atoms with E-state index in [1.807, 2.05) is 31.2 Å². The van der Waals surface area contributed by atoms with Crippen molar-refractivity contribution in [3.05, 3.63) is 48.0 Å². The van der Waals surface area contributed by atoms with Crippen molar-refractivity contribution in [2.75, 3.05) is 32.0 Å². The zero-order valence-electron chi connectivity index (χ0n) is 18.3. The normalized spacial score (nSPS) is 14.9. The van der Waals surface area contributed by atoms with E-state index in [1.54, 1.807) is 37.1 Å². The summed E-state index contributed by atoms with van der Waals surface area (Å²) in [6.45, 7) is 1.87. The number of hydrogen-bond acceptors (Lipinski definition) is 6. The van der Waals surface area contributed by atoms with Gasteiger partial charge in [0.15, 0.2) is 0 Å². The molecule has 3 aromatic rings. The smallest absolute Gasteiger partial charge is 0.249 e. The van der Waals surface area contributed by atoms with Crippen LogP contribution in [0.5, 0.6) is 17.2 Å². The van der Waals surface area contributed by atoms with Crippen molar-refractivity contribution in [1.82, 2.24) is 9.78 Å². The van der Waals surface area contributed by atoms with E-state index in [0.717, 1.165) is 16.9 Å². The van der Waals surface area contributed by atoms with Gasteiger partial charge in [0.1, 0.15) is 29.1 Å². The minimum absolute atomic E-state index is 0.0334. The summed E-state index contributed by atoms with van der Waals surface area (Å²) in [5.74, 6) is 1.66. The molecule has 0 fully saturated rings. The lowest BCUT2D eigenvalue weighted by atomic mass is 10.1. The highest BCUT2D eigenvalue weighted by atomic mass is 16.5. The van der Waals surface area contributed by atoms with Crippen LogP contribution in [0, 0.1) is 6.92 Å². The maximum Gasteiger partial charge on any atom is 0.249 e. The van der Waals surface area contributed by atoms with Crippen molar-refractivity contribution in [1.29, 1.82) is 0 Å². The Labute approximate surface area is 185 Å². The van der Waals surface area contributed by atoms with Crippen LogP contribution in [0.3, 0.4) is 0 Å². The Bertz CT molecular complexity index is 1170. The molecule has 1 aromatic heterocycles. The summed E-state index contributed by atoms with van der Waals surface area (Å²) in [5.41, 5.74) is 2.76. The highest BCUT2D eigenvalue weighted by Gasteiger charge is 2.34. The lowest BCUT2D eigenvalue weighted by Gasteiger charge is -2.24. The lowest BCUT2D eigenvalue weighted by Crippen LogP contribution is -2.36. The minimum atomic E-state index is -0.819. The highest BCUT2D eigenvalue weighted by molar-refractivity contribution is 6.02. The molecule has 2 N–H and O–H groups in total.